The Kier molecular flexibility index (Phi) is 3.86. The summed E-state index contributed by atoms with van der Waals surface area (Å²) in [6.45, 7) is 4.43. The molecule has 0 spiro atoms. The zero-order valence-corrected chi connectivity index (χ0v) is 8.26. The van der Waals surface area contributed by atoms with Gasteiger partial charge in [0.05, 0.1) is 0 Å². The molecule has 0 saturated carbocycles. The minimum Gasteiger partial charge on any atom is -0.219 e. The molecule has 13 heavy (non-hydrogen) atoms. The molecule has 1 aromatic heterocycles. The molecular formula is C9H16FN3. The van der Waals surface area contributed by atoms with Crippen molar-refractivity contribution in [3.63, 3.8) is 0 Å². The largest absolute Gasteiger partial charge is 0.234 e. The van der Waals surface area contributed by atoms with Crippen LogP contribution in [-0.4, -0.2) is 15.0 Å². The Morgan fingerprint density at radius 3 is 2.62 bits per heavy atom. The summed E-state index contributed by atoms with van der Waals surface area (Å²) in [6, 6.07) is 0. The van der Waals surface area contributed by atoms with Gasteiger partial charge in [0.25, 0.3) is 0 Å². The number of aromatic nitrogens is 3. The van der Waals surface area contributed by atoms with Crippen molar-refractivity contribution in [3.05, 3.63) is 11.6 Å². The van der Waals surface area contributed by atoms with Crippen molar-refractivity contribution in [2.24, 2.45) is 0 Å². The molecule has 0 unspecified atom stereocenters. The lowest BCUT2D eigenvalue weighted by atomic mass is 10.2. The standard InChI is InChI=1S/C9H16FN3/c1-3-4-5-6-7-13-9(10)8(2)11-12-13/h3-7H2,1-2H3. The minimum absolute atomic E-state index is 0.295. The van der Waals surface area contributed by atoms with Crippen LogP contribution in [0.5, 0.6) is 0 Å². The molecular weight excluding hydrogens is 169 g/mol. The van der Waals surface area contributed by atoms with E-state index in [1.54, 1.807) is 6.92 Å². The van der Waals surface area contributed by atoms with Crippen LogP contribution in [0, 0.1) is 12.9 Å². The van der Waals surface area contributed by atoms with Gasteiger partial charge in [-0.1, -0.05) is 31.4 Å². The van der Waals surface area contributed by atoms with E-state index in [1.807, 2.05) is 0 Å². The molecule has 0 bridgehead atoms. The SMILES string of the molecule is CCCCCCn1nnc(C)c1F. The van der Waals surface area contributed by atoms with Crippen molar-refractivity contribution in [2.45, 2.75) is 46.1 Å². The Labute approximate surface area is 77.9 Å². The third-order valence-corrected chi connectivity index (χ3v) is 2.05. The van der Waals surface area contributed by atoms with E-state index < -0.39 is 0 Å². The van der Waals surface area contributed by atoms with Crippen molar-refractivity contribution in [3.8, 4) is 0 Å². The van der Waals surface area contributed by atoms with Gasteiger partial charge in [0.2, 0.25) is 5.95 Å². The molecule has 0 aromatic carbocycles. The fourth-order valence-corrected chi connectivity index (χ4v) is 1.22. The molecule has 0 atom stereocenters. The van der Waals surface area contributed by atoms with E-state index in [9.17, 15) is 4.39 Å². The lowest BCUT2D eigenvalue weighted by Crippen LogP contribution is -2.03. The molecule has 0 amide bonds. The highest BCUT2D eigenvalue weighted by Gasteiger charge is 2.06. The first-order valence-corrected chi connectivity index (χ1v) is 4.81. The molecule has 0 aliphatic heterocycles. The number of halogens is 1. The lowest BCUT2D eigenvalue weighted by Gasteiger charge is -1.99. The summed E-state index contributed by atoms with van der Waals surface area (Å²) in [5, 5.41) is 7.36. The van der Waals surface area contributed by atoms with Gasteiger partial charge in [0, 0.05) is 6.54 Å². The van der Waals surface area contributed by atoms with Gasteiger partial charge in [-0.2, -0.15) is 4.39 Å². The van der Waals surface area contributed by atoms with E-state index in [4.69, 9.17) is 0 Å². The summed E-state index contributed by atoms with van der Waals surface area (Å²) in [5.41, 5.74) is 0.385. The van der Waals surface area contributed by atoms with Crippen molar-refractivity contribution in [1.29, 1.82) is 0 Å². The Balaban J connectivity index is 2.32. The first-order chi connectivity index (χ1) is 6.25. The molecule has 1 rings (SSSR count). The van der Waals surface area contributed by atoms with Crippen LogP contribution in [0.3, 0.4) is 0 Å². The van der Waals surface area contributed by atoms with Gasteiger partial charge in [-0.3, -0.25) is 0 Å². The first kappa shape index (κ1) is 10.2. The van der Waals surface area contributed by atoms with Gasteiger partial charge in [-0.25, -0.2) is 4.68 Å². The smallest absolute Gasteiger partial charge is 0.219 e. The Morgan fingerprint density at radius 2 is 2.08 bits per heavy atom. The van der Waals surface area contributed by atoms with Crippen molar-refractivity contribution in [1.82, 2.24) is 15.0 Å². The minimum atomic E-state index is -0.295. The maximum absolute atomic E-state index is 13.1. The Hall–Kier alpha value is -0.930. The van der Waals surface area contributed by atoms with Crippen LogP contribution in [0.25, 0.3) is 0 Å². The second-order valence-corrected chi connectivity index (χ2v) is 3.25. The normalized spacial score (nSPS) is 10.7. The molecule has 0 N–H and O–H groups in total. The van der Waals surface area contributed by atoms with Crippen LogP contribution in [0.15, 0.2) is 0 Å². The number of hydrogen-bond donors (Lipinski definition) is 0. The van der Waals surface area contributed by atoms with Crippen LogP contribution in [0.2, 0.25) is 0 Å². The average Bonchev–Trinajstić information content (AvgIpc) is 2.43. The summed E-state index contributed by atoms with van der Waals surface area (Å²) in [4.78, 5) is 0. The summed E-state index contributed by atoms with van der Waals surface area (Å²) >= 11 is 0. The number of aryl methyl sites for hydroxylation is 2. The number of unbranched alkanes of at least 4 members (excludes halogenated alkanes) is 3. The predicted octanol–water partition coefficient (Wildman–Crippen LogP) is 2.31. The summed E-state index contributed by atoms with van der Waals surface area (Å²) in [5.74, 6) is -0.295. The number of rotatable bonds is 5. The zero-order chi connectivity index (χ0) is 9.68. The highest BCUT2D eigenvalue weighted by molar-refractivity contribution is 4.90. The Morgan fingerprint density at radius 1 is 1.31 bits per heavy atom. The summed E-state index contributed by atoms with van der Waals surface area (Å²) in [6.07, 6.45) is 4.51. The topological polar surface area (TPSA) is 30.7 Å². The Bertz CT molecular complexity index is 257. The quantitative estimate of drug-likeness (QED) is 0.659. The van der Waals surface area contributed by atoms with E-state index >= 15 is 0 Å². The molecule has 0 saturated heterocycles. The molecule has 4 heteroatoms. The monoisotopic (exact) mass is 185 g/mol. The average molecular weight is 185 g/mol. The third kappa shape index (κ3) is 2.79. The lowest BCUT2D eigenvalue weighted by molar-refractivity contribution is 0.430. The van der Waals surface area contributed by atoms with Gasteiger partial charge < -0.3 is 0 Å². The van der Waals surface area contributed by atoms with Crippen LogP contribution in [0.1, 0.15) is 38.3 Å². The molecule has 0 aliphatic carbocycles. The highest BCUT2D eigenvalue weighted by Crippen LogP contribution is 2.04. The van der Waals surface area contributed by atoms with Crippen LogP contribution in [-0.2, 0) is 6.54 Å². The fraction of sp³-hybridized carbons (Fsp3) is 0.778. The van der Waals surface area contributed by atoms with E-state index in [1.165, 1.54) is 17.5 Å². The zero-order valence-electron chi connectivity index (χ0n) is 8.26. The predicted molar refractivity (Wildman–Crippen MR) is 48.9 cm³/mol. The number of hydrogen-bond acceptors (Lipinski definition) is 2. The molecule has 0 fully saturated rings. The van der Waals surface area contributed by atoms with E-state index in [0.29, 0.717) is 12.2 Å². The van der Waals surface area contributed by atoms with E-state index in [-0.39, 0.29) is 5.95 Å². The van der Waals surface area contributed by atoms with Crippen molar-refractivity contribution in [2.75, 3.05) is 0 Å². The molecule has 0 aliphatic rings. The maximum atomic E-state index is 13.1. The number of nitrogens with zero attached hydrogens (tertiary/aromatic N) is 3. The second kappa shape index (κ2) is 4.94. The third-order valence-electron chi connectivity index (χ3n) is 2.05. The van der Waals surface area contributed by atoms with Crippen LogP contribution >= 0.6 is 0 Å². The van der Waals surface area contributed by atoms with Crippen molar-refractivity contribution >= 4 is 0 Å². The van der Waals surface area contributed by atoms with Gasteiger partial charge in [0.15, 0.2) is 0 Å². The van der Waals surface area contributed by atoms with Gasteiger partial charge in [-0.15, -0.1) is 5.10 Å². The fourth-order valence-electron chi connectivity index (χ4n) is 1.22. The molecule has 0 radical (unpaired) electrons. The van der Waals surface area contributed by atoms with Crippen molar-refractivity contribution < 1.29 is 4.39 Å². The van der Waals surface area contributed by atoms with Crippen LogP contribution in [0.4, 0.5) is 4.39 Å². The maximum Gasteiger partial charge on any atom is 0.234 e. The first-order valence-electron chi connectivity index (χ1n) is 4.81. The van der Waals surface area contributed by atoms with Gasteiger partial charge in [0.1, 0.15) is 5.69 Å². The molecule has 1 aromatic rings. The highest BCUT2D eigenvalue weighted by atomic mass is 19.1. The molecule has 3 nitrogen and oxygen atoms in total. The van der Waals surface area contributed by atoms with Crippen LogP contribution < -0.4 is 0 Å². The van der Waals surface area contributed by atoms with Gasteiger partial charge in [-0.05, 0) is 13.3 Å². The van der Waals surface area contributed by atoms with E-state index in [2.05, 4.69) is 17.2 Å². The summed E-state index contributed by atoms with van der Waals surface area (Å²) in [7, 11) is 0. The van der Waals surface area contributed by atoms with Gasteiger partial charge >= 0.3 is 0 Å². The summed E-state index contributed by atoms with van der Waals surface area (Å²) < 4.78 is 14.4. The molecule has 1 heterocycles. The second-order valence-electron chi connectivity index (χ2n) is 3.25. The van der Waals surface area contributed by atoms with E-state index in [0.717, 1.165) is 12.8 Å². The molecule has 74 valence electrons.